The van der Waals surface area contributed by atoms with Crippen molar-refractivity contribution >= 4 is 0 Å². The van der Waals surface area contributed by atoms with Gasteiger partial charge in [0.1, 0.15) is 11.9 Å². The fourth-order valence-electron chi connectivity index (χ4n) is 6.38. The summed E-state index contributed by atoms with van der Waals surface area (Å²) < 4.78 is 44.1. The molecule has 230 valence electrons. The van der Waals surface area contributed by atoms with Gasteiger partial charge in [-0.05, 0) is 76.3 Å². The minimum atomic E-state index is -0.972. The molecule has 2 fully saturated rings. The molecule has 3 aliphatic heterocycles. The van der Waals surface area contributed by atoms with Crippen molar-refractivity contribution < 1.29 is 33.2 Å². The van der Waals surface area contributed by atoms with Crippen LogP contribution in [0.1, 0.15) is 71.4 Å². The highest BCUT2D eigenvalue weighted by molar-refractivity contribution is 5.26. The average molecular weight is 581 g/mol. The lowest BCUT2D eigenvalue weighted by Gasteiger charge is -2.50. The summed E-state index contributed by atoms with van der Waals surface area (Å²) in [7, 11) is 1.67. The van der Waals surface area contributed by atoms with E-state index in [1.165, 1.54) is 5.57 Å². The molecule has 0 N–H and O–H groups in total. The predicted octanol–water partition coefficient (Wildman–Crippen LogP) is 6.98. The second kappa shape index (κ2) is 13.2. The van der Waals surface area contributed by atoms with Crippen LogP contribution in [0.5, 0.6) is 5.75 Å². The van der Waals surface area contributed by atoms with Gasteiger partial charge in [0.15, 0.2) is 5.79 Å². The summed E-state index contributed by atoms with van der Waals surface area (Å²) in [5, 5.41) is 0. The first-order chi connectivity index (χ1) is 20.1. The zero-order chi connectivity index (χ0) is 29.8. The lowest BCUT2D eigenvalue weighted by atomic mass is 9.87. The normalized spacial score (nSPS) is 31.6. The fraction of sp³-hybridized carbons (Fsp3) is 0.600. The summed E-state index contributed by atoms with van der Waals surface area (Å²) in [6, 6.07) is 18.3. The van der Waals surface area contributed by atoms with Gasteiger partial charge < -0.3 is 33.2 Å². The summed E-state index contributed by atoms with van der Waals surface area (Å²) in [5.41, 5.74) is 3.08. The maximum absolute atomic E-state index is 6.96. The molecule has 2 aromatic carbocycles. The Balaban J connectivity index is 1.28. The van der Waals surface area contributed by atoms with Crippen LogP contribution in [0, 0.1) is 5.92 Å². The molecule has 3 aliphatic rings. The van der Waals surface area contributed by atoms with E-state index in [1.54, 1.807) is 7.11 Å². The number of ether oxygens (including phenoxy) is 7. The lowest BCUT2D eigenvalue weighted by Crippen LogP contribution is -2.58. The molecular weight excluding hydrogens is 532 g/mol. The zero-order valence-corrected chi connectivity index (χ0v) is 26.1. The monoisotopic (exact) mass is 580 g/mol. The van der Waals surface area contributed by atoms with Crippen molar-refractivity contribution in [3.05, 3.63) is 77.4 Å². The SMILES string of the molecule is COc1ccc(COC[C@@H](C)[C@@H]2CC(C)=C[C@@]3(O[C@H](C[C@]4(C)COC(C)(C)O4)CC[C@H]3OCc3ccccc3)O2)cc1. The van der Waals surface area contributed by atoms with Gasteiger partial charge in [-0.1, -0.05) is 55.0 Å². The van der Waals surface area contributed by atoms with Crippen molar-refractivity contribution in [2.24, 2.45) is 5.92 Å². The summed E-state index contributed by atoms with van der Waals surface area (Å²) in [6.45, 7) is 12.6. The van der Waals surface area contributed by atoms with Crippen LogP contribution >= 0.6 is 0 Å². The van der Waals surface area contributed by atoms with Crippen LogP contribution in [0.25, 0.3) is 0 Å². The van der Waals surface area contributed by atoms with Crippen molar-refractivity contribution in [1.29, 1.82) is 0 Å². The molecule has 0 aliphatic carbocycles. The average Bonchev–Trinajstić information content (AvgIpc) is 3.24. The molecule has 0 bridgehead atoms. The topological polar surface area (TPSA) is 64.6 Å². The quantitative estimate of drug-likeness (QED) is 0.266. The smallest absolute Gasteiger partial charge is 0.215 e. The Bertz CT molecular complexity index is 1180. The highest BCUT2D eigenvalue weighted by Gasteiger charge is 2.52. The molecule has 0 unspecified atom stereocenters. The van der Waals surface area contributed by atoms with Gasteiger partial charge in [-0.2, -0.15) is 0 Å². The largest absolute Gasteiger partial charge is 0.497 e. The number of hydrogen-bond acceptors (Lipinski definition) is 7. The van der Waals surface area contributed by atoms with Crippen LogP contribution < -0.4 is 4.74 Å². The second-order valence-electron chi connectivity index (χ2n) is 13.0. The van der Waals surface area contributed by atoms with E-state index in [4.69, 9.17) is 33.2 Å². The number of benzene rings is 2. The van der Waals surface area contributed by atoms with Gasteiger partial charge in [0.25, 0.3) is 0 Å². The van der Waals surface area contributed by atoms with Crippen LogP contribution in [0.2, 0.25) is 0 Å². The van der Waals surface area contributed by atoms with Gasteiger partial charge in [0.2, 0.25) is 5.79 Å². The third-order valence-electron chi connectivity index (χ3n) is 8.47. The number of methoxy groups -OCH3 is 1. The van der Waals surface area contributed by atoms with E-state index < -0.39 is 17.2 Å². The van der Waals surface area contributed by atoms with Crippen molar-refractivity contribution in [2.75, 3.05) is 20.3 Å². The Morgan fingerprint density at radius 2 is 1.67 bits per heavy atom. The van der Waals surface area contributed by atoms with Gasteiger partial charge in [-0.3, -0.25) is 0 Å². The Morgan fingerprint density at radius 1 is 0.929 bits per heavy atom. The molecule has 6 atom stereocenters. The molecule has 0 saturated carbocycles. The summed E-state index contributed by atoms with van der Waals surface area (Å²) in [6.07, 6.45) is 5.07. The van der Waals surface area contributed by atoms with Gasteiger partial charge in [0.05, 0.1) is 51.3 Å². The molecule has 2 aromatic rings. The third-order valence-corrected chi connectivity index (χ3v) is 8.47. The molecule has 5 rings (SSSR count). The predicted molar refractivity (Wildman–Crippen MR) is 161 cm³/mol. The van der Waals surface area contributed by atoms with Gasteiger partial charge in [-0.25, -0.2) is 0 Å². The minimum absolute atomic E-state index is 0.0477. The van der Waals surface area contributed by atoms with Crippen molar-refractivity contribution in [3.8, 4) is 5.75 Å². The Morgan fingerprint density at radius 3 is 2.36 bits per heavy atom. The van der Waals surface area contributed by atoms with E-state index in [0.29, 0.717) is 26.4 Å². The Kier molecular flexibility index (Phi) is 9.77. The minimum Gasteiger partial charge on any atom is -0.497 e. The van der Waals surface area contributed by atoms with E-state index >= 15 is 0 Å². The summed E-state index contributed by atoms with van der Waals surface area (Å²) >= 11 is 0. The first kappa shape index (κ1) is 31.2. The van der Waals surface area contributed by atoms with Crippen LogP contribution in [0.4, 0.5) is 0 Å². The first-order valence-corrected chi connectivity index (χ1v) is 15.3. The molecule has 7 nitrogen and oxygen atoms in total. The van der Waals surface area contributed by atoms with Crippen molar-refractivity contribution in [1.82, 2.24) is 0 Å². The molecule has 0 aromatic heterocycles. The molecule has 7 heteroatoms. The second-order valence-corrected chi connectivity index (χ2v) is 13.0. The molecule has 1 spiro atoms. The molecule has 2 saturated heterocycles. The Labute approximate surface area is 251 Å². The maximum atomic E-state index is 6.96. The van der Waals surface area contributed by atoms with E-state index in [-0.39, 0.29) is 24.2 Å². The fourth-order valence-corrected chi connectivity index (χ4v) is 6.38. The van der Waals surface area contributed by atoms with E-state index in [1.807, 2.05) is 56.3 Å². The van der Waals surface area contributed by atoms with E-state index in [2.05, 4.69) is 39.0 Å². The highest BCUT2D eigenvalue weighted by Crippen LogP contribution is 2.44. The van der Waals surface area contributed by atoms with Crippen LogP contribution in [0.3, 0.4) is 0 Å². The van der Waals surface area contributed by atoms with Crippen molar-refractivity contribution in [2.45, 2.75) is 109 Å². The zero-order valence-electron chi connectivity index (χ0n) is 26.1. The molecule has 0 amide bonds. The number of rotatable bonds is 11. The maximum Gasteiger partial charge on any atom is 0.215 e. The standard InChI is InChI=1S/C35H48O7/c1-25-18-31(26(2)21-37-22-28-12-14-29(36-6)15-13-28)41-35(19-25)32(38-23-27-10-8-7-9-11-27)17-16-30(40-35)20-34(5)24-39-33(3,4)42-34/h7-15,19,26,30-32H,16-18,20-24H2,1-6H3/t26-,30+,31+,32-,34-,35-/m1/s1. The first-order valence-electron chi connectivity index (χ1n) is 15.3. The van der Waals surface area contributed by atoms with Gasteiger partial charge >= 0.3 is 0 Å². The van der Waals surface area contributed by atoms with Crippen LogP contribution in [0.15, 0.2) is 66.2 Å². The lowest BCUT2D eigenvalue weighted by molar-refractivity contribution is -0.332. The summed E-state index contributed by atoms with van der Waals surface area (Å²) in [5.74, 6) is -0.561. The highest BCUT2D eigenvalue weighted by atomic mass is 16.8. The van der Waals surface area contributed by atoms with Crippen LogP contribution in [-0.2, 0) is 41.6 Å². The molecule has 3 heterocycles. The van der Waals surface area contributed by atoms with Crippen LogP contribution in [-0.4, -0.2) is 55.8 Å². The van der Waals surface area contributed by atoms with Gasteiger partial charge in [0, 0.05) is 12.3 Å². The Hall–Kier alpha value is -2.26. The third kappa shape index (κ3) is 7.81. The van der Waals surface area contributed by atoms with Gasteiger partial charge in [-0.15, -0.1) is 0 Å². The molecule has 0 radical (unpaired) electrons. The van der Waals surface area contributed by atoms with E-state index in [0.717, 1.165) is 42.6 Å². The van der Waals surface area contributed by atoms with Crippen molar-refractivity contribution in [3.63, 3.8) is 0 Å². The van der Waals surface area contributed by atoms with E-state index in [9.17, 15) is 0 Å². The summed E-state index contributed by atoms with van der Waals surface area (Å²) in [4.78, 5) is 0. The molecule has 42 heavy (non-hydrogen) atoms. The number of hydrogen-bond donors (Lipinski definition) is 0. The molecular formula is C35H48O7.